The van der Waals surface area contributed by atoms with E-state index in [9.17, 15) is 9.59 Å². The zero-order valence-corrected chi connectivity index (χ0v) is 12.3. The van der Waals surface area contributed by atoms with Crippen molar-refractivity contribution in [2.24, 2.45) is 10.2 Å². The largest absolute Gasteiger partial charge is 0.354 e. The summed E-state index contributed by atoms with van der Waals surface area (Å²) in [6, 6.07) is 0. The van der Waals surface area contributed by atoms with Gasteiger partial charge in [-0.15, -0.1) is 12.3 Å². The van der Waals surface area contributed by atoms with Gasteiger partial charge >= 0.3 is 0 Å². The minimum Gasteiger partial charge on any atom is -0.354 e. The number of amides is 1. The van der Waals surface area contributed by atoms with Crippen LogP contribution in [0.3, 0.4) is 0 Å². The van der Waals surface area contributed by atoms with Crippen molar-refractivity contribution in [3.63, 3.8) is 0 Å². The van der Waals surface area contributed by atoms with E-state index in [1.54, 1.807) is 0 Å². The van der Waals surface area contributed by atoms with Crippen molar-refractivity contribution < 1.29 is 4.79 Å². The second-order valence-electron chi connectivity index (χ2n) is 5.26. The van der Waals surface area contributed by atoms with Crippen LogP contribution < -0.4 is 10.9 Å². The topological polar surface area (TPSA) is 117 Å². The minimum absolute atomic E-state index is 0.00834. The standard InChI is InChI=1S/C14H15N7O2/c1-2-3-4-14(19-20-14)5-6-15-11(22)8-21-12-10(7-18-21)13(23)17-9-16-12/h1,7,9H,3-6,8H2,(H,15,22)(H,16,17,23). The fraction of sp³-hybridized carbons (Fsp3) is 0.429. The molecule has 2 aromatic rings. The van der Waals surface area contributed by atoms with E-state index in [-0.39, 0.29) is 18.0 Å². The molecule has 2 aromatic heterocycles. The van der Waals surface area contributed by atoms with E-state index < -0.39 is 5.66 Å². The number of aromatic nitrogens is 4. The predicted molar refractivity (Wildman–Crippen MR) is 81.4 cm³/mol. The Hall–Kier alpha value is -3.02. The maximum Gasteiger partial charge on any atom is 0.261 e. The van der Waals surface area contributed by atoms with E-state index in [0.717, 1.165) is 0 Å². The number of hydrogen-bond donors (Lipinski definition) is 2. The van der Waals surface area contributed by atoms with Gasteiger partial charge in [-0.25, -0.2) is 9.67 Å². The molecule has 0 saturated carbocycles. The quantitative estimate of drug-likeness (QED) is 0.710. The molecule has 0 radical (unpaired) electrons. The van der Waals surface area contributed by atoms with Crippen LogP contribution in [0.4, 0.5) is 0 Å². The second-order valence-corrected chi connectivity index (χ2v) is 5.26. The van der Waals surface area contributed by atoms with Crippen molar-refractivity contribution in [2.75, 3.05) is 6.54 Å². The Morgan fingerprint density at radius 3 is 3.00 bits per heavy atom. The van der Waals surface area contributed by atoms with E-state index >= 15 is 0 Å². The lowest BCUT2D eigenvalue weighted by molar-refractivity contribution is -0.121. The van der Waals surface area contributed by atoms with Crippen LogP contribution in [0, 0.1) is 12.3 Å². The number of rotatable bonds is 7. The molecule has 9 nitrogen and oxygen atoms in total. The van der Waals surface area contributed by atoms with Crippen LogP contribution in [0.2, 0.25) is 0 Å². The summed E-state index contributed by atoms with van der Waals surface area (Å²) in [5.74, 6) is 2.34. The smallest absolute Gasteiger partial charge is 0.261 e. The maximum atomic E-state index is 12.0. The van der Waals surface area contributed by atoms with Gasteiger partial charge in [-0.1, -0.05) is 0 Å². The van der Waals surface area contributed by atoms with Crippen LogP contribution in [0.25, 0.3) is 11.0 Å². The van der Waals surface area contributed by atoms with Crippen LogP contribution in [-0.2, 0) is 11.3 Å². The van der Waals surface area contributed by atoms with Gasteiger partial charge in [0.2, 0.25) is 5.91 Å². The number of terminal acetylenes is 1. The first-order valence-electron chi connectivity index (χ1n) is 7.17. The number of fused-ring (bicyclic) bond motifs is 1. The number of hydrogen-bond acceptors (Lipinski definition) is 6. The summed E-state index contributed by atoms with van der Waals surface area (Å²) in [5, 5.41) is 15.2. The zero-order chi connectivity index (χ0) is 16.3. The molecular weight excluding hydrogens is 298 g/mol. The Morgan fingerprint density at radius 2 is 2.26 bits per heavy atom. The molecule has 0 aliphatic carbocycles. The number of nitrogens with zero attached hydrogens (tertiary/aromatic N) is 5. The van der Waals surface area contributed by atoms with Gasteiger partial charge in [0.15, 0.2) is 11.3 Å². The fourth-order valence-electron chi connectivity index (χ4n) is 2.28. The lowest BCUT2D eigenvalue weighted by atomic mass is 10.0. The molecule has 0 atom stereocenters. The summed E-state index contributed by atoms with van der Waals surface area (Å²) in [7, 11) is 0. The third-order valence-electron chi connectivity index (χ3n) is 3.63. The van der Waals surface area contributed by atoms with Crippen LogP contribution in [0.5, 0.6) is 0 Å². The Labute approximate surface area is 131 Å². The highest BCUT2D eigenvalue weighted by Gasteiger charge is 2.38. The van der Waals surface area contributed by atoms with E-state index in [1.807, 2.05) is 0 Å². The Morgan fingerprint density at radius 1 is 1.43 bits per heavy atom. The van der Waals surface area contributed by atoms with Gasteiger partial charge in [-0.3, -0.25) is 9.59 Å². The lowest BCUT2D eigenvalue weighted by Gasteiger charge is -2.10. The van der Waals surface area contributed by atoms with Crippen molar-refractivity contribution in [3.05, 3.63) is 22.9 Å². The summed E-state index contributed by atoms with van der Waals surface area (Å²) in [6.07, 6.45) is 9.85. The average Bonchev–Trinajstić information content (AvgIpc) is 3.19. The Kier molecular flexibility index (Phi) is 3.89. The molecule has 3 heterocycles. The number of nitrogens with one attached hydrogen (secondary N) is 2. The predicted octanol–water partition coefficient (Wildman–Crippen LogP) is 0.201. The van der Waals surface area contributed by atoms with E-state index in [4.69, 9.17) is 6.42 Å². The molecule has 0 spiro atoms. The molecular formula is C14H15N7O2. The molecule has 0 saturated heterocycles. The zero-order valence-electron chi connectivity index (χ0n) is 12.3. The highest BCUT2D eigenvalue weighted by Crippen LogP contribution is 2.35. The van der Waals surface area contributed by atoms with Gasteiger partial charge < -0.3 is 10.3 Å². The van der Waals surface area contributed by atoms with Gasteiger partial charge in [-0.05, 0) is 0 Å². The number of carbonyl (C=O) groups excluding carboxylic acids is 1. The van der Waals surface area contributed by atoms with E-state index in [0.29, 0.717) is 36.8 Å². The van der Waals surface area contributed by atoms with Crippen LogP contribution in [0.15, 0.2) is 27.5 Å². The van der Waals surface area contributed by atoms with E-state index in [2.05, 4.69) is 36.5 Å². The summed E-state index contributed by atoms with van der Waals surface area (Å²) in [5.41, 5.74) is -0.317. The minimum atomic E-state index is -0.410. The molecule has 1 aliphatic heterocycles. The van der Waals surface area contributed by atoms with Crippen molar-refractivity contribution in [1.29, 1.82) is 0 Å². The monoisotopic (exact) mass is 313 g/mol. The van der Waals surface area contributed by atoms with Gasteiger partial charge in [0, 0.05) is 25.8 Å². The SMILES string of the molecule is C#CCCC1(CCNC(=O)Cn2ncc3c(=O)[nH]cnc32)N=N1. The number of aromatic amines is 1. The fourth-order valence-corrected chi connectivity index (χ4v) is 2.28. The third kappa shape index (κ3) is 3.26. The maximum absolute atomic E-state index is 12.0. The molecule has 118 valence electrons. The Balaban J connectivity index is 1.52. The molecule has 23 heavy (non-hydrogen) atoms. The third-order valence-corrected chi connectivity index (χ3v) is 3.63. The summed E-state index contributed by atoms with van der Waals surface area (Å²) >= 11 is 0. The van der Waals surface area contributed by atoms with Crippen molar-refractivity contribution in [1.82, 2.24) is 25.1 Å². The molecule has 3 rings (SSSR count). The average molecular weight is 313 g/mol. The normalized spacial score (nSPS) is 14.6. The second kappa shape index (κ2) is 6.00. The van der Waals surface area contributed by atoms with Crippen molar-refractivity contribution in [2.45, 2.75) is 31.5 Å². The van der Waals surface area contributed by atoms with Crippen molar-refractivity contribution in [3.8, 4) is 12.3 Å². The highest BCUT2D eigenvalue weighted by atomic mass is 16.2. The first kappa shape index (κ1) is 14.9. The summed E-state index contributed by atoms with van der Waals surface area (Å²) in [6.45, 7) is 0.440. The first-order valence-corrected chi connectivity index (χ1v) is 7.17. The van der Waals surface area contributed by atoms with Gasteiger partial charge in [0.1, 0.15) is 11.9 Å². The molecule has 1 aliphatic rings. The molecule has 0 bridgehead atoms. The molecule has 0 aromatic carbocycles. The molecule has 1 amide bonds. The van der Waals surface area contributed by atoms with Gasteiger partial charge in [0.25, 0.3) is 5.56 Å². The summed E-state index contributed by atoms with van der Waals surface area (Å²) < 4.78 is 1.39. The number of H-pyrrole nitrogens is 1. The van der Waals surface area contributed by atoms with Crippen LogP contribution in [0.1, 0.15) is 19.3 Å². The van der Waals surface area contributed by atoms with Crippen LogP contribution >= 0.6 is 0 Å². The van der Waals surface area contributed by atoms with Gasteiger partial charge in [0.05, 0.1) is 12.5 Å². The molecule has 0 fully saturated rings. The first-order chi connectivity index (χ1) is 11.1. The molecule has 2 N–H and O–H groups in total. The summed E-state index contributed by atoms with van der Waals surface area (Å²) in [4.78, 5) is 30.0. The molecule has 9 heteroatoms. The lowest BCUT2D eigenvalue weighted by Crippen LogP contribution is -2.31. The highest BCUT2D eigenvalue weighted by molar-refractivity contribution is 5.79. The molecule has 0 unspecified atom stereocenters. The van der Waals surface area contributed by atoms with Gasteiger partial charge in [-0.2, -0.15) is 15.3 Å². The van der Waals surface area contributed by atoms with Crippen molar-refractivity contribution >= 4 is 16.9 Å². The Bertz CT molecular complexity index is 852. The number of carbonyl (C=O) groups is 1. The van der Waals surface area contributed by atoms with Crippen LogP contribution in [-0.4, -0.2) is 37.9 Å². The van der Waals surface area contributed by atoms with E-state index in [1.165, 1.54) is 17.2 Å².